The van der Waals surface area contributed by atoms with Crippen LogP contribution < -0.4 is 11.1 Å². The van der Waals surface area contributed by atoms with Crippen molar-refractivity contribution in [2.24, 2.45) is 0 Å². The Hall–Kier alpha value is -1.63. The van der Waals surface area contributed by atoms with Crippen molar-refractivity contribution < 1.29 is 0 Å². The summed E-state index contributed by atoms with van der Waals surface area (Å²) in [7, 11) is 0. The van der Waals surface area contributed by atoms with Crippen molar-refractivity contribution in [1.29, 1.82) is 0 Å². The Morgan fingerprint density at radius 2 is 2.33 bits per heavy atom. The van der Waals surface area contributed by atoms with Crippen LogP contribution in [0.5, 0.6) is 0 Å². The van der Waals surface area contributed by atoms with Crippen molar-refractivity contribution in [3.63, 3.8) is 0 Å². The highest BCUT2D eigenvalue weighted by molar-refractivity contribution is 9.10. The molecule has 18 heavy (non-hydrogen) atoms. The van der Waals surface area contributed by atoms with Gasteiger partial charge in [-0.1, -0.05) is 5.21 Å². The van der Waals surface area contributed by atoms with E-state index in [1.807, 2.05) is 13.1 Å². The molecule has 0 unspecified atom stereocenters. The first-order valence-electron chi connectivity index (χ1n) is 5.67. The Labute approximate surface area is 114 Å². The van der Waals surface area contributed by atoms with E-state index in [0.29, 0.717) is 5.69 Å². The molecule has 2 heterocycles. The number of halogens is 1. The molecule has 0 aromatic carbocycles. The lowest BCUT2D eigenvalue weighted by atomic mass is 10.2. The first kappa shape index (κ1) is 12.8. The molecule has 3 N–H and O–H groups in total. The molecule has 7 heteroatoms. The summed E-state index contributed by atoms with van der Waals surface area (Å²) < 4.78 is 2.72. The highest BCUT2D eigenvalue weighted by Crippen LogP contribution is 2.27. The van der Waals surface area contributed by atoms with Crippen LogP contribution in [0.2, 0.25) is 0 Å². The number of rotatable bonds is 5. The number of aromatic nitrogens is 4. The Morgan fingerprint density at radius 1 is 1.50 bits per heavy atom. The van der Waals surface area contributed by atoms with Crippen LogP contribution >= 0.6 is 15.9 Å². The molecule has 0 spiro atoms. The summed E-state index contributed by atoms with van der Waals surface area (Å²) in [6.07, 6.45) is 6.14. The fraction of sp³-hybridized carbons (Fsp3) is 0.364. The molecule has 0 saturated heterocycles. The van der Waals surface area contributed by atoms with Gasteiger partial charge in [-0.05, 0) is 34.8 Å². The second kappa shape index (κ2) is 5.81. The van der Waals surface area contributed by atoms with E-state index in [9.17, 15) is 0 Å². The summed E-state index contributed by atoms with van der Waals surface area (Å²) >= 11 is 3.49. The van der Waals surface area contributed by atoms with Gasteiger partial charge in [-0.25, -0.2) is 4.98 Å². The largest absolute Gasteiger partial charge is 0.397 e. The van der Waals surface area contributed by atoms with E-state index in [4.69, 9.17) is 5.73 Å². The van der Waals surface area contributed by atoms with Crippen LogP contribution in [0.3, 0.4) is 0 Å². The molecule has 0 atom stereocenters. The number of aryl methyl sites for hydroxylation is 1. The number of hydrogen-bond donors (Lipinski definition) is 2. The summed E-state index contributed by atoms with van der Waals surface area (Å²) in [6.45, 7) is 3.61. The monoisotopic (exact) mass is 310 g/mol. The van der Waals surface area contributed by atoms with E-state index in [-0.39, 0.29) is 0 Å². The van der Waals surface area contributed by atoms with E-state index in [0.717, 1.165) is 35.4 Å². The fourth-order valence-electron chi connectivity index (χ4n) is 1.51. The third kappa shape index (κ3) is 2.98. The number of nitrogens with two attached hydrogens (primary N) is 1. The summed E-state index contributed by atoms with van der Waals surface area (Å²) in [5.74, 6) is 0.820. The number of nitrogen functional groups attached to an aromatic ring is 1. The van der Waals surface area contributed by atoms with E-state index in [1.165, 1.54) is 0 Å². The second-order valence-electron chi connectivity index (χ2n) is 3.95. The van der Waals surface area contributed by atoms with Gasteiger partial charge in [-0.2, -0.15) is 0 Å². The molecule has 0 amide bonds. The lowest BCUT2D eigenvalue weighted by Gasteiger charge is -2.10. The third-order valence-electron chi connectivity index (χ3n) is 2.63. The second-order valence-corrected chi connectivity index (χ2v) is 4.74. The van der Waals surface area contributed by atoms with E-state index in [1.54, 1.807) is 17.1 Å². The minimum absolute atomic E-state index is 0.690. The molecule has 6 nitrogen and oxygen atoms in total. The lowest BCUT2D eigenvalue weighted by Crippen LogP contribution is -2.09. The van der Waals surface area contributed by atoms with Crippen molar-refractivity contribution >= 4 is 27.4 Å². The first-order chi connectivity index (χ1) is 8.68. The Morgan fingerprint density at radius 3 is 3.06 bits per heavy atom. The zero-order valence-corrected chi connectivity index (χ0v) is 11.7. The highest BCUT2D eigenvalue weighted by atomic mass is 79.9. The molecule has 96 valence electrons. The van der Waals surface area contributed by atoms with Crippen molar-refractivity contribution in [3.8, 4) is 0 Å². The number of hydrogen-bond acceptors (Lipinski definition) is 5. The number of nitrogens with zero attached hydrogens (tertiary/aromatic N) is 4. The molecule has 0 saturated carbocycles. The van der Waals surface area contributed by atoms with Crippen LogP contribution in [0.25, 0.3) is 0 Å². The Balaban J connectivity index is 1.85. The molecule has 2 rings (SSSR count). The van der Waals surface area contributed by atoms with Crippen LogP contribution in [0.1, 0.15) is 12.0 Å². The van der Waals surface area contributed by atoms with Gasteiger partial charge in [0, 0.05) is 19.3 Å². The van der Waals surface area contributed by atoms with Gasteiger partial charge in [0.2, 0.25) is 0 Å². The number of nitrogens with one attached hydrogen (secondary N) is 1. The molecule has 0 fully saturated rings. The SMILES string of the molecule is Cc1c(N)cnc(NCCCn2ccnn2)c1Br. The summed E-state index contributed by atoms with van der Waals surface area (Å²) in [5.41, 5.74) is 7.46. The zero-order chi connectivity index (χ0) is 13.0. The molecule has 0 radical (unpaired) electrons. The van der Waals surface area contributed by atoms with Crippen LogP contribution in [-0.2, 0) is 6.54 Å². The average Bonchev–Trinajstić information content (AvgIpc) is 2.87. The lowest BCUT2D eigenvalue weighted by molar-refractivity contribution is 0.569. The fourth-order valence-corrected chi connectivity index (χ4v) is 1.99. The molecule has 0 aliphatic rings. The molecule has 2 aromatic heterocycles. The summed E-state index contributed by atoms with van der Waals surface area (Å²) in [4.78, 5) is 4.26. The minimum atomic E-state index is 0.690. The van der Waals surface area contributed by atoms with Gasteiger partial charge in [0.1, 0.15) is 5.82 Å². The minimum Gasteiger partial charge on any atom is -0.397 e. The van der Waals surface area contributed by atoms with Gasteiger partial charge in [-0.3, -0.25) is 4.68 Å². The van der Waals surface area contributed by atoms with Crippen LogP contribution in [-0.4, -0.2) is 26.5 Å². The Bertz CT molecular complexity index is 511. The maximum atomic E-state index is 5.77. The molecule has 0 aliphatic heterocycles. The smallest absolute Gasteiger partial charge is 0.140 e. The molecule has 0 aliphatic carbocycles. The maximum absolute atomic E-state index is 5.77. The van der Waals surface area contributed by atoms with Gasteiger partial charge in [0.05, 0.1) is 22.6 Å². The molecule has 0 bridgehead atoms. The summed E-state index contributed by atoms with van der Waals surface area (Å²) in [6, 6.07) is 0. The molecular formula is C11H15BrN6. The number of anilines is 2. The van der Waals surface area contributed by atoms with Gasteiger partial charge in [0.25, 0.3) is 0 Å². The van der Waals surface area contributed by atoms with E-state index in [2.05, 4.69) is 36.5 Å². The van der Waals surface area contributed by atoms with E-state index < -0.39 is 0 Å². The normalized spacial score (nSPS) is 10.6. The average molecular weight is 311 g/mol. The maximum Gasteiger partial charge on any atom is 0.140 e. The standard InChI is InChI=1S/C11H15BrN6/c1-8-9(13)7-15-11(10(8)12)14-3-2-5-18-6-4-16-17-18/h4,6-7H,2-3,5,13H2,1H3,(H,14,15). The highest BCUT2D eigenvalue weighted by Gasteiger charge is 2.06. The summed E-state index contributed by atoms with van der Waals surface area (Å²) in [5, 5.41) is 10.9. The molecule has 2 aromatic rings. The first-order valence-corrected chi connectivity index (χ1v) is 6.46. The van der Waals surface area contributed by atoms with Gasteiger partial charge < -0.3 is 11.1 Å². The quantitative estimate of drug-likeness (QED) is 0.823. The predicted molar refractivity (Wildman–Crippen MR) is 74.2 cm³/mol. The van der Waals surface area contributed by atoms with Crippen molar-refractivity contribution in [2.45, 2.75) is 19.9 Å². The topological polar surface area (TPSA) is 81.6 Å². The van der Waals surface area contributed by atoms with E-state index >= 15 is 0 Å². The predicted octanol–water partition coefficient (Wildman–Crippen LogP) is 1.83. The van der Waals surface area contributed by atoms with Crippen LogP contribution in [0.4, 0.5) is 11.5 Å². The van der Waals surface area contributed by atoms with Crippen molar-refractivity contribution in [2.75, 3.05) is 17.6 Å². The zero-order valence-electron chi connectivity index (χ0n) is 10.1. The van der Waals surface area contributed by atoms with Gasteiger partial charge in [0.15, 0.2) is 0 Å². The van der Waals surface area contributed by atoms with Gasteiger partial charge >= 0.3 is 0 Å². The molecular weight excluding hydrogens is 296 g/mol. The Kier molecular flexibility index (Phi) is 4.14. The van der Waals surface area contributed by atoms with Crippen molar-refractivity contribution in [3.05, 3.63) is 28.6 Å². The van der Waals surface area contributed by atoms with Crippen LogP contribution in [0.15, 0.2) is 23.1 Å². The van der Waals surface area contributed by atoms with Crippen LogP contribution in [0, 0.1) is 6.92 Å². The van der Waals surface area contributed by atoms with Gasteiger partial charge in [-0.15, -0.1) is 5.10 Å². The number of pyridine rings is 1. The third-order valence-corrected chi connectivity index (χ3v) is 3.60. The van der Waals surface area contributed by atoms with Crippen molar-refractivity contribution in [1.82, 2.24) is 20.0 Å².